The fraction of sp³-hybridized carbons (Fsp3) is 0.214. The Hall–Kier alpha value is -14.1. The highest BCUT2D eigenvalue weighted by molar-refractivity contribution is 5.68. The summed E-state index contributed by atoms with van der Waals surface area (Å²) in [5.74, 6) is -1.71. The third kappa shape index (κ3) is 15.2. The van der Waals surface area contributed by atoms with Gasteiger partial charge in [0.15, 0.2) is 0 Å². The van der Waals surface area contributed by atoms with Crippen molar-refractivity contribution in [2.45, 2.75) is 109 Å². The summed E-state index contributed by atoms with van der Waals surface area (Å²) in [5.41, 5.74) is -19.9. The van der Waals surface area contributed by atoms with Crippen LogP contribution < -0.4 is 0 Å². The molecule has 18 nitrogen and oxygen atoms in total. The maximum Gasteiger partial charge on any atom is 0.416 e. The second-order valence-corrected chi connectivity index (χ2v) is 31.4. The molecule has 7 aliphatic rings. The average molecular weight is 1820 g/mol. The highest BCUT2D eigenvalue weighted by Gasteiger charge is 2.64. The zero-order valence-corrected chi connectivity index (χ0v) is 63.9. The van der Waals surface area contributed by atoms with Crippen LogP contribution in [0.2, 0.25) is 0 Å². The van der Waals surface area contributed by atoms with Crippen LogP contribution in [0.25, 0.3) is 67.9 Å². The monoisotopic (exact) mass is 1820 g/mol. The first kappa shape index (κ1) is 84.4. The fourth-order valence-electron chi connectivity index (χ4n) is 17.0. The number of fused-ring (bicyclic) bond motifs is 3. The molecule has 0 radical (unpaired) electrons. The summed E-state index contributed by atoms with van der Waals surface area (Å²) >= 11 is 0. The van der Waals surface area contributed by atoms with Crippen LogP contribution in [0.1, 0.15) is 138 Å². The molecule has 0 unspecified atom stereocenters. The zero-order chi connectivity index (χ0) is 91.6. The summed E-state index contributed by atoms with van der Waals surface area (Å²) < 4.78 is 392. The molecule has 22 rings (SSSR count). The molecule has 3 saturated carbocycles. The standard InChI is InChI=1S/C84H45F27N18/c85-76(86,87)49-13-43(67-34-124(118-112-67)61-25-52(79(94,95)96)19-53(26-61)80(97,98)99)16-58(22-49)127-37-70(115-121-127)73-32-65(73)41-5-11-48(12-6-41)75(72-39-129(123-117-72)60-18-45(15-51(24-60)78(91,92)93)69-36-126(120-114-69)63-29-56(83(106,107)108)21-57(30-63)84(109,110)111)33-66(75)42-3-9-47(10-4-42)74(31-64(74)40-1-7-46(73)8-2-40)71-38-128(122-116-71)59-17-44(14-50(23-59)77(88,89)90)68-35-125(119-113-68)62-27-54(81(100,101)102)20-55(28-62)82(103,104)105/h1-30,34-39,64-66H,31-33H2/t64-,65-,66-,73-,74-,75-/m1/s1. The Bertz CT molecular complexity index is 6200. The minimum Gasteiger partial charge on any atom is -0.220 e. The molecular formula is C84H45F27N18. The summed E-state index contributed by atoms with van der Waals surface area (Å²) in [5, 5.41) is 49.1. The lowest BCUT2D eigenvalue weighted by Crippen LogP contribution is -2.16. The largest absolute Gasteiger partial charge is 0.416 e. The maximum absolute atomic E-state index is 15.1. The number of aromatic nitrogens is 18. The molecular weight excluding hydrogens is 1770 g/mol. The second kappa shape index (κ2) is 28.5. The average Bonchev–Trinajstić information content (AvgIpc) is 1.52. The summed E-state index contributed by atoms with van der Waals surface area (Å²) in [6.07, 6.45) is -40.1. The first-order valence-corrected chi connectivity index (χ1v) is 37.8. The van der Waals surface area contributed by atoms with E-state index in [0.717, 1.165) is 50.8 Å². The number of alkyl halides is 27. The van der Waals surface area contributed by atoms with Crippen molar-refractivity contribution in [1.29, 1.82) is 0 Å². The smallest absolute Gasteiger partial charge is 0.220 e. The zero-order valence-electron chi connectivity index (χ0n) is 63.9. The van der Waals surface area contributed by atoms with Crippen LogP contribution in [0.3, 0.4) is 0 Å². The molecule has 0 N–H and O–H groups in total. The Morgan fingerprint density at radius 3 is 0.589 bits per heavy atom. The third-order valence-electron chi connectivity index (χ3n) is 23.6. The van der Waals surface area contributed by atoms with Crippen molar-refractivity contribution in [3.63, 3.8) is 0 Å². The van der Waals surface area contributed by atoms with Gasteiger partial charge in [0.1, 0.15) is 17.1 Å². The predicted octanol–water partition coefficient (Wildman–Crippen LogP) is 22.1. The molecule has 45 heteroatoms. The Balaban J connectivity index is 0.715. The third-order valence-corrected chi connectivity index (χ3v) is 23.6. The van der Waals surface area contributed by atoms with E-state index in [2.05, 4.69) is 61.9 Å². The van der Waals surface area contributed by atoms with Gasteiger partial charge in [-0.1, -0.05) is 104 Å². The minimum atomic E-state index is -5.30. The number of benzene rings is 9. The summed E-state index contributed by atoms with van der Waals surface area (Å²) in [4.78, 5) is 0. The van der Waals surface area contributed by atoms with Gasteiger partial charge in [0, 0.05) is 50.7 Å². The van der Waals surface area contributed by atoms with Crippen LogP contribution in [-0.4, -0.2) is 90.0 Å². The normalized spacial score (nSPS) is 19.5. The molecule has 15 aromatic rings. The summed E-state index contributed by atoms with van der Waals surface area (Å²) in [6.45, 7) is 0. The first-order chi connectivity index (χ1) is 60.4. The number of rotatable bonds is 12. The molecule has 3 fully saturated rings. The molecule has 6 heterocycles. The molecule has 129 heavy (non-hydrogen) atoms. The van der Waals surface area contributed by atoms with Gasteiger partial charge in [0.05, 0.1) is 138 Å². The van der Waals surface area contributed by atoms with Crippen LogP contribution in [0, 0.1) is 0 Å². The first-order valence-electron chi connectivity index (χ1n) is 37.8. The molecule has 0 amide bonds. The van der Waals surface area contributed by atoms with Crippen molar-refractivity contribution < 1.29 is 119 Å². The van der Waals surface area contributed by atoms with Crippen molar-refractivity contribution >= 4 is 0 Å². The van der Waals surface area contributed by atoms with Crippen molar-refractivity contribution in [2.24, 2.45) is 0 Å². The van der Waals surface area contributed by atoms with Crippen LogP contribution in [-0.2, 0) is 71.8 Å². The second-order valence-electron chi connectivity index (χ2n) is 31.4. The fourth-order valence-corrected chi connectivity index (χ4v) is 17.0. The minimum absolute atomic E-state index is 0.139. The molecule has 6 atom stereocenters. The van der Waals surface area contributed by atoms with Crippen molar-refractivity contribution in [1.82, 2.24) is 90.0 Å². The lowest BCUT2D eigenvalue weighted by molar-refractivity contribution is -0.144. The maximum atomic E-state index is 15.1. The molecule has 660 valence electrons. The number of nitrogens with zero attached hydrogens (tertiary/aromatic N) is 18. The van der Waals surface area contributed by atoms with Crippen molar-refractivity contribution in [3.8, 4) is 67.9 Å². The Morgan fingerprint density at radius 2 is 0.388 bits per heavy atom. The predicted molar refractivity (Wildman–Crippen MR) is 394 cm³/mol. The van der Waals surface area contributed by atoms with E-state index in [0.29, 0.717) is 120 Å². The molecule has 0 spiro atoms. The van der Waals surface area contributed by atoms with E-state index in [-0.39, 0.29) is 71.6 Å². The molecule has 0 saturated heterocycles. The van der Waals surface area contributed by atoms with Gasteiger partial charge in [0.25, 0.3) is 0 Å². The molecule has 6 aromatic heterocycles. The lowest BCUT2D eigenvalue weighted by Gasteiger charge is -2.21. The highest BCUT2D eigenvalue weighted by atomic mass is 19.4. The quantitative estimate of drug-likeness (QED) is 0.106. The van der Waals surface area contributed by atoms with E-state index in [1.165, 1.54) is 18.6 Å². The van der Waals surface area contributed by atoms with E-state index in [9.17, 15) is 79.0 Å². The SMILES string of the molecule is FC(F)(F)c1cc(-c2cn(-c3cc(C(F)(F)F)cc(C(F)(F)F)c3)nn2)cc(-n2cc([C@@]34C[C@@H]3c3ccc(cc3)[C@]3(c5cn(-c6cc(-c7cn(-c8cc(C(F)(F)F)cc(C(F)(F)F)c8)nn7)cc(C(F)(F)F)c6)nn5)C[C@@H]3c3ccc(cc3)[C@]3(c5cn(-c6cc(-c7cn(-c8cc(C(F)(F)F)cc(C(F)(F)F)c8)nn7)cc(C(F)(F)F)c6)nn5)C[C@@H]3c3ccc4cc3)nn2)c1. The number of halogens is 27. The van der Waals surface area contributed by atoms with E-state index in [4.69, 9.17) is 0 Å². The number of hydrogen-bond donors (Lipinski definition) is 0. The van der Waals surface area contributed by atoms with E-state index >= 15 is 39.5 Å². The Labute approximate surface area is 702 Å². The van der Waals surface area contributed by atoms with Crippen LogP contribution in [0.4, 0.5) is 119 Å². The van der Waals surface area contributed by atoms with Crippen LogP contribution in [0.15, 0.2) is 219 Å². The van der Waals surface area contributed by atoms with Gasteiger partial charge in [-0.3, -0.25) is 0 Å². The van der Waals surface area contributed by atoms with Crippen LogP contribution in [0.5, 0.6) is 0 Å². The Morgan fingerprint density at radius 1 is 0.209 bits per heavy atom. The van der Waals surface area contributed by atoms with Gasteiger partial charge >= 0.3 is 55.6 Å². The van der Waals surface area contributed by atoms with Crippen molar-refractivity contribution in [3.05, 3.63) is 320 Å². The lowest BCUT2D eigenvalue weighted by atomic mass is 9.83. The van der Waals surface area contributed by atoms with Gasteiger partial charge in [-0.15, -0.1) is 30.6 Å². The van der Waals surface area contributed by atoms with Crippen LogP contribution >= 0.6 is 0 Å². The summed E-state index contributed by atoms with van der Waals surface area (Å²) in [6, 6.07) is 30.2. The molecule has 9 aromatic carbocycles. The highest BCUT2D eigenvalue weighted by Crippen LogP contribution is 2.69. The van der Waals surface area contributed by atoms with Gasteiger partial charge in [-0.25, -0.2) is 28.1 Å². The van der Waals surface area contributed by atoms with E-state index in [1.807, 2.05) is 0 Å². The molecule has 6 bridgehead atoms. The van der Waals surface area contributed by atoms with Gasteiger partial charge in [-0.05, 0) is 162 Å². The number of hydrogen-bond acceptors (Lipinski definition) is 12. The topological polar surface area (TPSA) is 184 Å². The molecule has 0 aliphatic heterocycles. The van der Waals surface area contributed by atoms with Gasteiger partial charge in [0.2, 0.25) is 0 Å². The Kier molecular flexibility index (Phi) is 18.6. The van der Waals surface area contributed by atoms with Gasteiger partial charge < -0.3 is 0 Å². The van der Waals surface area contributed by atoms with Gasteiger partial charge in [-0.2, -0.15) is 119 Å². The molecule has 7 aliphatic carbocycles. The van der Waals surface area contributed by atoms with E-state index in [1.54, 1.807) is 72.8 Å². The van der Waals surface area contributed by atoms with E-state index < -0.39 is 190 Å². The van der Waals surface area contributed by atoms with Crippen molar-refractivity contribution in [2.75, 3.05) is 0 Å². The summed E-state index contributed by atoms with van der Waals surface area (Å²) in [7, 11) is 0.